The van der Waals surface area contributed by atoms with Gasteiger partial charge in [-0.05, 0) is 48.5 Å². The lowest BCUT2D eigenvalue weighted by molar-refractivity contribution is 0.823. The van der Waals surface area contributed by atoms with Crippen LogP contribution >= 0.6 is 0 Å². The molecule has 0 atom stereocenters. The molecule has 216 valence electrons. The molecule has 0 aliphatic heterocycles. The van der Waals surface area contributed by atoms with Crippen LogP contribution in [0.2, 0.25) is 0 Å². The van der Waals surface area contributed by atoms with Gasteiger partial charge >= 0.3 is 0 Å². The third kappa shape index (κ3) is 9.77. The van der Waals surface area contributed by atoms with Crippen molar-refractivity contribution >= 4 is 43.6 Å². The number of hydrogen-bond acceptors (Lipinski definition) is 4. The van der Waals surface area contributed by atoms with Gasteiger partial charge in [0.05, 0.1) is 22.1 Å². The number of pyridine rings is 4. The fraction of sp³-hybridized carbons (Fsp3) is 0. The molecule has 4 aromatic heterocycles. The minimum Gasteiger partial charge on any atom is -0.412 e. The molecule has 0 aliphatic rings. The van der Waals surface area contributed by atoms with Gasteiger partial charge in [0, 0.05) is 46.3 Å². The molecule has 43 heavy (non-hydrogen) atoms. The van der Waals surface area contributed by atoms with Gasteiger partial charge < -0.3 is 16.4 Å². The second kappa shape index (κ2) is 18.0. The van der Waals surface area contributed by atoms with E-state index in [2.05, 4.69) is 68.5 Å². The Labute approximate surface area is 250 Å². The average Bonchev–Trinajstić information content (AvgIpc) is 3.06. The van der Waals surface area contributed by atoms with Crippen molar-refractivity contribution < 1.29 is 16.4 Å². The first-order chi connectivity index (χ1) is 19.9. The summed E-state index contributed by atoms with van der Waals surface area (Å²) in [6.45, 7) is 0. The van der Waals surface area contributed by atoms with Crippen LogP contribution in [0.5, 0.6) is 0 Å². The Morgan fingerprint density at radius 1 is 0.233 bits per heavy atom. The van der Waals surface area contributed by atoms with E-state index in [-0.39, 0.29) is 16.4 Å². The molecule has 0 radical (unpaired) electrons. The highest BCUT2D eigenvalue weighted by molar-refractivity contribution is 5.79. The lowest BCUT2D eigenvalue weighted by Gasteiger charge is -1.91. The predicted octanol–water partition coefficient (Wildman–Crippen LogP) is 6.47. The van der Waals surface area contributed by atoms with Gasteiger partial charge in [0.1, 0.15) is 0 Å². The van der Waals surface area contributed by atoms with Crippen LogP contribution in [0, 0.1) is 0 Å². The number of fused-ring (bicyclic) bond motifs is 4. The first-order valence-corrected chi connectivity index (χ1v) is 13.1. The van der Waals surface area contributed by atoms with E-state index < -0.39 is 0 Å². The molecule has 0 saturated heterocycles. The van der Waals surface area contributed by atoms with Gasteiger partial charge in [-0.3, -0.25) is 19.9 Å². The van der Waals surface area contributed by atoms with Crippen molar-refractivity contribution in [2.45, 2.75) is 0 Å². The Morgan fingerprint density at radius 2 is 0.419 bits per heavy atom. The van der Waals surface area contributed by atoms with E-state index in [4.69, 9.17) is 0 Å². The summed E-state index contributed by atoms with van der Waals surface area (Å²) in [6, 6.07) is 48.3. The molecule has 0 aliphatic carbocycles. The van der Waals surface area contributed by atoms with Crippen molar-refractivity contribution in [3.8, 4) is 0 Å². The SMILES string of the molecule is O.O.O.c1ccc2ncccc2c1.c1ccc2ncccc2c1.c1ccc2ncccc2c1.c1ccc2ncccc2c1. The van der Waals surface area contributed by atoms with Crippen molar-refractivity contribution in [2.75, 3.05) is 0 Å². The van der Waals surface area contributed by atoms with E-state index in [0.29, 0.717) is 0 Å². The Balaban J connectivity index is 0.000000196. The molecule has 0 bridgehead atoms. The van der Waals surface area contributed by atoms with E-state index >= 15 is 0 Å². The first-order valence-electron chi connectivity index (χ1n) is 13.1. The molecular weight excluding hydrogens is 536 g/mol. The molecule has 0 fully saturated rings. The summed E-state index contributed by atoms with van der Waals surface area (Å²) < 4.78 is 0. The standard InChI is InChI=1S/4C9H7N.3H2O/c4*1-2-6-9-8(4-1)5-3-7-10-9;;;/h4*1-7H;3*1H2. The highest BCUT2D eigenvalue weighted by Crippen LogP contribution is 2.10. The Hall–Kier alpha value is -5.60. The van der Waals surface area contributed by atoms with Crippen LogP contribution in [-0.2, 0) is 0 Å². The third-order valence-electron chi connectivity index (χ3n) is 6.05. The van der Waals surface area contributed by atoms with Crippen molar-refractivity contribution in [1.29, 1.82) is 0 Å². The molecule has 7 heteroatoms. The highest BCUT2D eigenvalue weighted by Gasteiger charge is 1.89. The first kappa shape index (κ1) is 33.6. The number of aromatic nitrogens is 4. The molecule has 0 unspecified atom stereocenters. The maximum Gasteiger partial charge on any atom is 0.0701 e. The topological polar surface area (TPSA) is 146 Å². The lowest BCUT2D eigenvalue weighted by Crippen LogP contribution is -1.73. The smallest absolute Gasteiger partial charge is 0.0701 e. The number of rotatable bonds is 0. The summed E-state index contributed by atoms with van der Waals surface area (Å²) in [4.78, 5) is 16.7. The second-order valence-corrected chi connectivity index (χ2v) is 8.78. The largest absolute Gasteiger partial charge is 0.412 e. The predicted molar refractivity (Wildman–Crippen MR) is 178 cm³/mol. The van der Waals surface area contributed by atoms with Gasteiger partial charge in [-0.25, -0.2) is 0 Å². The lowest BCUT2D eigenvalue weighted by atomic mass is 10.2. The molecule has 4 aromatic carbocycles. The van der Waals surface area contributed by atoms with Crippen molar-refractivity contribution in [3.05, 3.63) is 170 Å². The second-order valence-electron chi connectivity index (χ2n) is 8.78. The highest BCUT2D eigenvalue weighted by atomic mass is 16.0. The van der Waals surface area contributed by atoms with Gasteiger partial charge in [-0.15, -0.1) is 0 Å². The summed E-state index contributed by atoms with van der Waals surface area (Å²) in [7, 11) is 0. The van der Waals surface area contributed by atoms with E-state index in [9.17, 15) is 0 Å². The van der Waals surface area contributed by atoms with E-state index in [1.54, 1.807) is 0 Å². The summed E-state index contributed by atoms with van der Waals surface area (Å²) in [5.74, 6) is 0. The number of para-hydroxylation sites is 4. The Bertz CT molecular complexity index is 1400. The Kier molecular flexibility index (Phi) is 14.0. The summed E-state index contributed by atoms with van der Waals surface area (Å²) in [5, 5.41) is 4.80. The van der Waals surface area contributed by atoms with E-state index in [0.717, 1.165) is 22.1 Å². The van der Waals surface area contributed by atoms with Gasteiger partial charge in [-0.1, -0.05) is 97.1 Å². The minimum absolute atomic E-state index is 0. The van der Waals surface area contributed by atoms with Crippen LogP contribution in [-0.4, -0.2) is 36.4 Å². The maximum atomic E-state index is 4.18. The zero-order chi connectivity index (χ0) is 27.2. The van der Waals surface area contributed by atoms with Crippen molar-refractivity contribution in [1.82, 2.24) is 19.9 Å². The van der Waals surface area contributed by atoms with Crippen molar-refractivity contribution in [3.63, 3.8) is 0 Å². The van der Waals surface area contributed by atoms with Gasteiger partial charge in [0.2, 0.25) is 0 Å². The van der Waals surface area contributed by atoms with Gasteiger partial charge in [0.25, 0.3) is 0 Å². The molecular formula is C36H34N4O3. The maximum absolute atomic E-state index is 4.18. The summed E-state index contributed by atoms with van der Waals surface area (Å²) in [6.07, 6.45) is 7.23. The molecule has 0 spiro atoms. The molecule has 0 saturated carbocycles. The molecule has 0 amide bonds. The van der Waals surface area contributed by atoms with Gasteiger partial charge in [-0.2, -0.15) is 0 Å². The van der Waals surface area contributed by atoms with Crippen LogP contribution in [0.25, 0.3) is 43.6 Å². The van der Waals surface area contributed by atoms with Crippen LogP contribution in [0.15, 0.2) is 170 Å². The molecule has 7 nitrogen and oxygen atoms in total. The molecule has 8 aromatic rings. The number of nitrogens with zero attached hydrogens (tertiary/aromatic N) is 4. The molecule has 8 rings (SSSR count). The number of benzene rings is 4. The van der Waals surface area contributed by atoms with Gasteiger partial charge in [0.15, 0.2) is 0 Å². The monoisotopic (exact) mass is 570 g/mol. The zero-order valence-corrected chi connectivity index (χ0v) is 23.5. The van der Waals surface area contributed by atoms with Crippen molar-refractivity contribution in [2.24, 2.45) is 0 Å². The van der Waals surface area contributed by atoms with Crippen LogP contribution < -0.4 is 0 Å². The fourth-order valence-corrected chi connectivity index (χ4v) is 4.06. The minimum atomic E-state index is 0. The third-order valence-corrected chi connectivity index (χ3v) is 6.05. The molecule has 6 N–H and O–H groups in total. The fourth-order valence-electron chi connectivity index (χ4n) is 4.06. The Morgan fingerprint density at radius 3 is 0.628 bits per heavy atom. The zero-order valence-electron chi connectivity index (χ0n) is 23.5. The normalized spacial score (nSPS) is 9.30. The van der Waals surface area contributed by atoms with Crippen LogP contribution in [0.1, 0.15) is 0 Å². The summed E-state index contributed by atoms with van der Waals surface area (Å²) >= 11 is 0. The summed E-state index contributed by atoms with van der Waals surface area (Å²) in [5.41, 5.74) is 4.24. The average molecular weight is 571 g/mol. The quantitative estimate of drug-likeness (QED) is 0.206. The van der Waals surface area contributed by atoms with Crippen LogP contribution in [0.3, 0.4) is 0 Å². The number of hydrogen-bond donors (Lipinski definition) is 0. The molecule has 4 heterocycles. The van der Waals surface area contributed by atoms with E-state index in [1.165, 1.54) is 21.5 Å². The van der Waals surface area contributed by atoms with E-state index in [1.807, 2.05) is 122 Å². The van der Waals surface area contributed by atoms with Crippen LogP contribution in [0.4, 0.5) is 0 Å².